The number of rotatable bonds is 7. The van der Waals surface area contributed by atoms with Crippen molar-refractivity contribution in [3.05, 3.63) is 60.1 Å². The molecule has 0 saturated heterocycles. The van der Waals surface area contributed by atoms with Gasteiger partial charge in [-0.3, -0.25) is 5.10 Å². The molecular weight excluding hydrogens is 344 g/mol. The van der Waals surface area contributed by atoms with E-state index in [-0.39, 0.29) is 0 Å². The molecule has 0 saturated carbocycles. The van der Waals surface area contributed by atoms with Gasteiger partial charge in [0, 0.05) is 6.54 Å². The van der Waals surface area contributed by atoms with Gasteiger partial charge in [-0.1, -0.05) is 30.3 Å². The second-order valence-electron chi connectivity index (χ2n) is 6.27. The van der Waals surface area contributed by atoms with Crippen molar-refractivity contribution in [2.75, 3.05) is 13.1 Å². The van der Waals surface area contributed by atoms with Crippen LogP contribution >= 0.6 is 0 Å². The second-order valence-corrected chi connectivity index (χ2v) is 6.27. The molecule has 0 radical (unpaired) electrons. The maximum atomic E-state index is 10.7. The van der Waals surface area contributed by atoms with Crippen molar-refractivity contribution in [2.45, 2.75) is 26.0 Å². The fourth-order valence-electron chi connectivity index (χ4n) is 2.53. The molecule has 8 nitrogen and oxygen atoms in total. The summed E-state index contributed by atoms with van der Waals surface area (Å²) in [5.41, 5.74) is -0.178. The molecule has 2 aromatic heterocycles. The highest BCUT2D eigenvalue weighted by Gasteiger charge is 2.23. The van der Waals surface area contributed by atoms with E-state index in [0.29, 0.717) is 43.0 Å². The maximum Gasteiger partial charge on any atom is 0.216 e. The molecule has 0 fully saturated rings. The zero-order valence-corrected chi connectivity index (χ0v) is 15.4. The predicted molar refractivity (Wildman–Crippen MR) is 103 cm³/mol. The number of nitrogens with one attached hydrogen (secondary N) is 3. The number of hydrogen-bond donors (Lipinski definition) is 4. The average Bonchev–Trinajstić information content (AvgIpc) is 3.36. The van der Waals surface area contributed by atoms with Crippen LogP contribution in [0, 0.1) is 0 Å². The van der Waals surface area contributed by atoms with Crippen LogP contribution in [0.25, 0.3) is 11.6 Å². The number of benzene rings is 1. The lowest BCUT2D eigenvalue weighted by molar-refractivity contribution is 0.0617. The summed E-state index contributed by atoms with van der Waals surface area (Å²) in [6.45, 7) is 5.09. The first-order chi connectivity index (χ1) is 13.1. The van der Waals surface area contributed by atoms with Crippen molar-refractivity contribution in [3.8, 4) is 11.6 Å². The SMILES string of the molecule is CCNC(=NCc1nc(-c2ccco2)n[nH]1)NCC(C)(O)c1ccccc1. The molecular formula is C19H24N6O2. The summed E-state index contributed by atoms with van der Waals surface area (Å²) in [5, 5.41) is 24.0. The topological polar surface area (TPSA) is 111 Å². The number of aliphatic hydroxyl groups is 1. The molecule has 0 spiro atoms. The van der Waals surface area contributed by atoms with Gasteiger partial charge in [-0.2, -0.15) is 0 Å². The molecule has 0 aliphatic rings. The van der Waals surface area contributed by atoms with Crippen molar-refractivity contribution >= 4 is 5.96 Å². The van der Waals surface area contributed by atoms with Gasteiger partial charge in [-0.15, -0.1) is 5.10 Å². The van der Waals surface area contributed by atoms with Gasteiger partial charge in [0.1, 0.15) is 18.0 Å². The minimum Gasteiger partial charge on any atom is -0.461 e. The van der Waals surface area contributed by atoms with E-state index in [1.165, 1.54) is 0 Å². The second kappa shape index (κ2) is 8.50. The quantitative estimate of drug-likeness (QED) is 0.375. The number of H-pyrrole nitrogens is 1. The molecule has 142 valence electrons. The van der Waals surface area contributed by atoms with Crippen LogP contribution in [-0.4, -0.2) is 39.3 Å². The van der Waals surface area contributed by atoms with E-state index >= 15 is 0 Å². The third kappa shape index (κ3) is 4.95. The number of nitrogens with zero attached hydrogens (tertiary/aromatic N) is 3. The zero-order chi connectivity index (χ0) is 19.1. The molecule has 4 N–H and O–H groups in total. The molecule has 0 aliphatic carbocycles. The first kappa shape index (κ1) is 18.7. The highest BCUT2D eigenvalue weighted by atomic mass is 16.3. The van der Waals surface area contributed by atoms with Crippen LogP contribution in [0.3, 0.4) is 0 Å². The van der Waals surface area contributed by atoms with Crippen molar-refractivity contribution in [2.24, 2.45) is 4.99 Å². The number of aromatic amines is 1. The molecule has 2 heterocycles. The van der Waals surface area contributed by atoms with E-state index in [1.807, 2.05) is 37.3 Å². The van der Waals surface area contributed by atoms with Gasteiger partial charge in [-0.25, -0.2) is 9.98 Å². The lowest BCUT2D eigenvalue weighted by atomic mass is 9.96. The monoisotopic (exact) mass is 368 g/mol. The Morgan fingerprint density at radius 2 is 2.04 bits per heavy atom. The number of hydrogen-bond acceptors (Lipinski definition) is 5. The summed E-state index contributed by atoms with van der Waals surface area (Å²) < 4.78 is 5.28. The standard InChI is InChI=1S/C19H24N6O2/c1-3-20-18(22-13-19(2,26)14-8-5-4-6-9-14)21-12-16-23-17(25-24-16)15-10-7-11-27-15/h4-11,26H,3,12-13H2,1-2H3,(H2,20,21,22)(H,23,24,25). The van der Waals surface area contributed by atoms with Crippen LogP contribution in [-0.2, 0) is 12.1 Å². The van der Waals surface area contributed by atoms with Crippen LogP contribution in [0.1, 0.15) is 25.2 Å². The Labute approximate surface area is 157 Å². The number of furan rings is 1. The van der Waals surface area contributed by atoms with E-state index in [2.05, 4.69) is 30.8 Å². The molecule has 3 aromatic rings. The largest absolute Gasteiger partial charge is 0.461 e. The van der Waals surface area contributed by atoms with Crippen LogP contribution in [0.5, 0.6) is 0 Å². The molecule has 0 aliphatic heterocycles. The Bertz CT molecular complexity index is 855. The van der Waals surface area contributed by atoms with Crippen LogP contribution in [0.15, 0.2) is 58.1 Å². The highest BCUT2D eigenvalue weighted by Crippen LogP contribution is 2.19. The Balaban J connectivity index is 1.63. The Morgan fingerprint density at radius 3 is 2.74 bits per heavy atom. The lowest BCUT2D eigenvalue weighted by Crippen LogP contribution is -2.44. The normalized spacial score (nSPS) is 14.0. The summed E-state index contributed by atoms with van der Waals surface area (Å²) in [7, 11) is 0. The number of guanidine groups is 1. The van der Waals surface area contributed by atoms with E-state index in [4.69, 9.17) is 4.42 Å². The molecule has 1 aromatic carbocycles. The first-order valence-corrected chi connectivity index (χ1v) is 8.84. The number of aromatic nitrogens is 3. The van der Waals surface area contributed by atoms with Gasteiger partial charge in [0.05, 0.1) is 12.8 Å². The van der Waals surface area contributed by atoms with Gasteiger partial charge in [0.15, 0.2) is 11.7 Å². The van der Waals surface area contributed by atoms with Crippen molar-refractivity contribution in [1.82, 2.24) is 25.8 Å². The van der Waals surface area contributed by atoms with Gasteiger partial charge < -0.3 is 20.2 Å². The third-order valence-corrected chi connectivity index (χ3v) is 4.00. The van der Waals surface area contributed by atoms with E-state index in [1.54, 1.807) is 25.3 Å². The van der Waals surface area contributed by atoms with Gasteiger partial charge in [0.25, 0.3) is 0 Å². The zero-order valence-electron chi connectivity index (χ0n) is 15.4. The van der Waals surface area contributed by atoms with Gasteiger partial charge in [0.2, 0.25) is 5.82 Å². The van der Waals surface area contributed by atoms with Gasteiger partial charge in [-0.05, 0) is 31.5 Å². The van der Waals surface area contributed by atoms with Crippen LogP contribution in [0.2, 0.25) is 0 Å². The Hall–Kier alpha value is -3.13. The molecule has 0 bridgehead atoms. The highest BCUT2D eigenvalue weighted by molar-refractivity contribution is 5.79. The van der Waals surface area contributed by atoms with E-state index in [9.17, 15) is 5.11 Å². The summed E-state index contributed by atoms with van der Waals surface area (Å²) in [6, 6.07) is 13.1. The Kier molecular flexibility index (Phi) is 5.87. The van der Waals surface area contributed by atoms with Crippen molar-refractivity contribution < 1.29 is 9.52 Å². The average molecular weight is 368 g/mol. The van der Waals surface area contributed by atoms with Gasteiger partial charge >= 0.3 is 0 Å². The van der Waals surface area contributed by atoms with E-state index in [0.717, 1.165) is 5.56 Å². The summed E-state index contributed by atoms with van der Waals surface area (Å²) in [5.74, 6) is 2.30. The summed E-state index contributed by atoms with van der Waals surface area (Å²) in [4.78, 5) is 8.86. The van der Waals surface area contributed by atoms with E-state index < -0.39 is 5.60 Å². The van der Waals surface area contributed by atoms with Crippen LogP contribution < -0.4 is 10.6 Å². The predicted octanol–water partition coefficient (Wildman–Crippen LogP) is 2.03. The Morgan fingerprint density at radius 1 is 1.22 bits per heavy atom. The fourth-order valence-corrected chi connectivity index (χ4v) is 2.53. The molecule has 3 rings (SSSR count). The minimum absolute atomic E-state index is 0.316. The summed E-state index contributed by atoms with van der Waals surface area (Å²) >= 11 is 0. The smallest absolute Gasteiger partial charge is 0.216 e. The number of aliphatic imine (C=N–C) groups is 1. The molecule has 1 atom stereocenters. The molecule has 0 amide bonds. The molecule has 27 heavy (non-hydrogen) atoms. The van der Waals surface area contributed by atoms with Crippen molar-refractivity contribution in [3.63, 3.8) is 0 Å². The van der Waals surface area contributed by atoms with Crippen LogP contribution in [0.4, 0.5) is 0 Å². The van der Waals surface area contributed by atoms with Crippen molar-refractivity contribution in [1.29, 1.82) is 0 Å². The first-order valence-electron chi connectivity index (χ1n) is 8.84. The molecule has 1 unspecified atom stereocenters. The summed E-state index contributed by atoms with van der Waals surface area (Å²) in [6.07, 6.45) is 1.58. The lowest BCUT2D eigenvalue weighted by Gasteiger charge is -2.25. The minimum atomic E-state index is -1.02. The third-order valence-electron chi connectivity index (χ3n) is 4.00. The fraction of sp³-hybridized carbons (Fsp3) is 0.316. The molecule has 8 heteroatoms. The maximum absolute atomic E-state index is 10.7.